The smallest absolute Gasteiger partial charge is 0.243 e. The molecule has 17 heavy (non-hydrogen) atoms. The molecule has 0 atom stereocenters. The van der Waals surface area contributed by atoms with Gasteiger partial charge in [-0.3, -0.25) is 4.79 Å². The van der Waals surface area contributed by atoms with Crippen molar-refractivity contribution in [2.45, 2.75) is 20.3 Å². The van der Waals surface area contributed by atoms with Crippen LogP contribution in [-0.4, -0.2) is 23.7 Å². The second kappa shape index (κ2) is 4.26. The van der Waals surface area contributed by atoms with E-state index in [0.29, 0.717) is 6.42 Å². The Labute approximate surface area is 110 Å². The summed E-state index contributed by atoms with van der Waals surface area (Å²) < 4.78 is 1.04. The van der Waals surface area contributed by atoms with E-state index in [1.807, 2.05) is 24.3 Å². The Morgan fingerprint density at radius 3 is 2.47 bits per heavy atom. The molecule has 0 radical (unpaired) electrons. The first-order chi connectivity index (χ1) is 7.90. The van der Waals surface area contributed by atoms with Crippen molar-refractivity contribution in [3.63, 3.8) is 0 Å². The maximum absolute atomic E-state index is 11.7. The van der Waals surface area contributed by atoms with E-state index in [1.165, 1.54) is 5.01 Å². The number of carbonyl (C=O) groups excluding carboxylic acids is 1. The summed E-state index contributed by atoms with van der Waals surface area (Å²) in [5, 5.41) is 5.83. The molecule has 1 heterocycles. The van der Waals surface area contributed by atoms with E-state index >= 15 is 0 Å². The molecule has 0 spiro atoms. The van der Waals surface area contributed by atoms with Gasteiger partial charge in [-0.2, -0.15) is 5.10 Å². The Kier molecular flexibility index (Phi) is 3.08. The van der Waals surface area contributed by atoms with Crippen molar-refractivity contribution in [3.8, 4) is 0 Å². The zero-order chi connectivity index (χ0) is 12.6. The molecule has 0 saturated heterocycles. The second-order valence-corrected chi connectivity index (χ2v) is 5.85. The van der Waals surface area contributed by atoms with E-state index in [9.17, 15) is 4.79 Å². The molecule has 0 fully saturated rings. The van der Waals surface area contributed by atoms with Crippen LogP contribution in [-0.2, 0) is 4.79 Å². The van der Waals surface area contributed by atoms with Gasteiger partial charge in [0.15, 0.2) is 0 Å². The lowest BCUT2D eigenvalue weighted by molar-refractivity contribution is -0.132. The van der Waals surface area contributed by atoms with Gasteiger partial charge in [0.05, 0.1) is 5.71 Å². The fraction of sp³-hybridized carbons (Fsp3) is 0.385. The number of halogens is 1. The van der Waals surface area contributed by atoms with Crippen LogP contribution in [0, 0.1) is 5.41 Å². The van der Waals surface area contributed by atoms with Crippen molar-refractivity contribution in [2.24, 2.45) is 10.5 Å². The van der Waals surface area contributed by atoms with Crippen molar-refractivity contribution in [1.29, 1.82) is 0 Å². The van der Waals surface area contributed by atoms with Gasteiger partial charge in [0, 0.05) is 23.4 Å². The molecule has 4 heteroatoms. The maximum Gasteiger partial charge on any atom is 0.243 e. The lowest BCUT2D eigenvalue weighted by Gasteiger charge is -2.33. The third-order valence-electron chi connectivity index (χ3n) is 2.96. The first-order valence-corrected chi connectivity index (χ1v) is 6.31. The zero-order valence-corrected chi connectivity index (χ0v) is 11.8. The number of carbonyl (C=O) groups is 1. The van der Waals surface area contributed by atoms with Crippen molar-refractivity contribution < 1.29 is 4.79 Å². The van der Waals surface area contributed by atoms with E-state index in [4.69, 9.17) is 0 Å². The number of benzene rings is 1. The molecule has 0 aliphatic carbocycles. The predicted molar refractivity (Wildman–Crippen MR) is 71.8 cm³/mol. The monoisotopic (exact) mass is 294 g/mol. The minimum absolute atomic E-state index is 0.0656. The third kappa shape index (κ3) is 2.41. The number of nitrogens with zero attached hydrogens (tertiary/aromatic N) is 2. The van der Waals surface area contributed by atoms with Crippen LogP contribution in [0.15, 0.2) is 33.8 Å². The van der Waals surface area contributed by atoms with Crippen molar-refractivity contribution in [3.05, 3.63) is 34.3 Å². The van der Waals surface area contributed by atoms with Crippen molar-refractivity contribution in [2.75, 3.05) is 7.05 Å². The van der Waals surface area contributed by atoms with E-state index in [0.717, 1.165) is 15.7 Å². The minimum atomic E-state index is -0.211. The van der Waals surface area contributed by atoms with Gasteiger partial charge in [-0.1, -0.05) is 41.9 Å². The first-order valence-electron chi connectivity index (χ1n) is 5.52. The molecule has 2 rings (SSSR count). The first kappa shape index (κ1) is 12.3. The molecule has 1 aromatic carbocycles. The Morgan fingerprint density at radius 2 is 1.88 bits per heavy atom. The van der Waals surface area contributed by atoms with Crippen LogP contribution < -0.4 is 0 Å². The summed E-state index contributed by atoms with van der Waals surface area (Å²) >= 11 is 3.42. The summed E-state index contributed by atoms with van der Waals surface area (Å²) in [4.78, 5) is 11.7. The highest BCUT2D eigenvalue weighted by molar-refractivity contribution is 9.10. The van der Waals surface area contributed by atoms with Crippen LogP contribution in [0.1, 0.15) is 25.8 Å². The number of hydrazone groups is 1. The van der Waals surface area contributed by atoms with E-state index in [-0.39, 0.29) is 11.3 Å². The highest BCUT2D eigenvalue weighted by atomic mass is 79.9. The highest BCUT2D eigenvalue weighted by Gasteiger charge is 2.35. The molecule has 0 saturated carbocycles. The SMILES string of the molecule is CN1N=C(c2ccc(Br)cc2)C(C)(C)CC1=O. The summed E-state index contributed by atoms with van der Waals surface area (Å²) in [6, 6.07) is 8.03. The summed E-state index contributed by atoms with van der Waals surface area (Å²) in [5.41, 5.74) is 1.82. The molecule has 0 N–H and O–H groups in total. The maximum atomic E-state index is 11.7. The van der Waals surface area contributed by atoms with Crippen LogP contribution in [0.5, 0.6) is 0 Å². The van der Waals surface area contributed by atoms with Crippen molar-refractivity contribution >= 4 is 27.5 Å². The minimum Gasteiger partial charge on any atom is -0.273 e. The number of amides is 1. The van der Waals surface area contributed by atoms with E-state index < -0.39 is 0 Å². The molecular formula is C13H15BrN2O. The largest absolute Gasteiger partial charge is 0.273 e. The van der Waals surface area contributed by atoms with Gasteiger partial charge in [-0.05, 0) is 17.7 Å². The lowest BCUT2D eigenvalue weighted by atomic mass is 9.79. The van der Waals surface area contributed by atoms with Gasteiger partial charge in [-0.25, -0.2) is 5.01 Å². The summed E-state index contributed by atoms with van der Waals surface area (Å²) in [7, 11) is 1.70. The average molecular weight is 295 g/mol. The highest BCUT2D eigenvalue weighted by Crippen LogP contribution is 2.31. The molecule has 3 nitrogen and oxygen atoms in total. The quantitative estimate of drug-likeness (QED) is 0.784. The fourth-order valence-corrected chi connectivity index (χ4v) is 2.24. The lowest BCUT2D eigenvalue weighted by Crippen LogP contribution is -2.40. The molecule has 0 bridgehead atoms. The van der Waals surface area contributed by atoms with Crippen molar-refractivity contribution in [1.82, 2.24) is 5.01 Å². The van der Waals surface area contributed by atoms with Gasteiger partial charge >= 0.3 is 0 Å². The number of hydrogen-bond donors (Lipinski definition) is 0. The van der Waals surface area contributed by atoms with Crippen LogP contribution in [0.4, 0.5) is 0 Å². The molecule has 0 unspecified atom stereocenters. The molecular weight excluding hydrogens is 280 g/mol. The Hall–Kier alpha value is -1.16. The molecule has 1 aliphatic heterocycles. The van der Waals surface area contributed by atoms with Crippen LogP contribution in [0.2, 0.25) is 0 Å². The topological polar surface area (TPSA) is 32.7 Å². The summed E-state index contributed by atoms with van der Waals surface area (Å²) in [6.07, 6.45) is 0.498. The summed E-state index contributed by atoms with van der Waals surface area (Å²) in [5.74, 6) is 0.0656. The fourth-order valence-electron chi connectivity index (χ4n) is 1.97. The van der Waals surface area contributed by atoms with E-state index in [1.54, 1.807) is 7.05 Å². The molecule has 1 aliphatic rings. The van der Waals surface area contributed by atoms with Gasteiger partial charge < -0.3 is 0 Å². The molecule has 0 aromatic heterocycles. The van der Waals surface area contributed by atoms with Crippen LogP contribution in [0.25, 0.3) is 0 Å². The van der Waals surface area contributed by atoms with Gasteiger partial charge in [-0.15, -0.1) is 0 Å². The number of hydrogen-bond acceptors (Lipinski definition) is 2. The zero-order valence-electron chi connectivity index (χ0n) is 10.2. The third-order valence-corrected chi connectivity index (χ3v) is 3.49. The molecule has 1 amide bonds. The molecule has 1 aromatic rings. The van der Waals surface area contributed by atoms with E-state index in [2.05, 4.69) is 34.9 Å². The summed E-state index contributed by atoms with van der Waals surface area (Å²) in [6.45, 7) is 4.11. The Bertz CT molecular complexity index is 477. The number of rotatable bonds is 1. The average Bonchev–Trinajstić information content (AvgIpc) is 2.24. The Morgan fingerprint density at radius 1 is 1.29 bits per heavy atom. The van der Waals surface area contributed by atoms with Gasteiger partial charge in [0.1, 0.15) is 0 Å². The predicted octanol–water partition coefficient (Wildman–Crippen LogP) is 3.04. The second-order valence-electron chi connectivity index (χ2n) is 4.93. The van der Waals surface area contributed by atoms with Gasteiger partial charge in [0.25, 0.3) is 0 Å². The van der Waals surface area contributed by atoms with Gasteiger partial charge in [0.2, 0.25) is 5.91 Å². The normalized spacial score (nSPS) is 19.2. The molecule has 90 valence electrons. The van der Waals surface area contributed by atoms with Crippen LogP contribution in [0.3, 0.4) is 0 Å². The Balaban J connectivity index is 2.45. The van der Waals surface area contributed by atoms with Crippen LogP contribution >= 0.6 is 15.9 Å². The standard InChI is InChI=1S/C13H15BrN2O/c1-13(2)8-11(17)16(3)15-12(13)9-4-6-10(14)7-5-9/h4-7H,8H2,1-3H3.